The summed E-state index contributed by atoms with van der Waals surface area (Å²) < 4.78 is 27.7. The van der Waals surface area contributed by atoms with Gasteiger partial charge in [0.25, 0.3) is 0 Å². The first-order valence-electron chi connectivity index (χ1n) is 13.9. The van der Waals surface area contributed by atoms with Crippen LogP contribution in [-0.4, -0.2) is 64.4 Å². The van der Waals surface area contributed by atoms with Crippen molar-refractivity contribution >= 4 is 23.0 Å². The molecule has 0 radical (unpaired) electrons. The average Bonchev–Trinajstić information content (AvgIpc) is 3.49. The van der Waals surface area contributed by atoms with Crippen LogP contribution in [0.2, 0.25) is 0 Å². The molecular formula is C30H34FN7O3. The molecule has 2 saturated heterocycles. The first-order valence-corrected chi connectivity index (χ1v) is 13.9. The number of halogens is 1. The van der Waals surface area contributed by atoms with Gasteiger partial charge < -0.3 is 30.5 Å². The number of benzene rings is 1. The minimum atomic E-state index is -0.476. The van der Waals surface area contributed by atoms with Crippen LogP contribution in [0.3, 0.4) is 0 Å². The molecule has 1 aromatic carbocycles. The van der Waals surface area contributed by atoms with E-state index in [4.69, 9.17) is 20.2 Å². The fraction of sp³-hybridized carbons (Fsp3) is 0.367. The van der Waals surface area contributed by atoms with Gasteiger partial charge in [0.05, 0.1) is 42.4 Å². The smallest absolute Gasteiger partial charge is 0.136 e. The molecule has 2 aliphatic rings. The molecule has 214 valence electrons. The van der Waals surface area contributed by atoms with Crippen molar-refractivity contribution in [3.05, 3.63) is 60.8 Å². The fourth-order valence-electron chi connectivity index (χ4n) is 5.57. The van der Waals surface area contributed by atoms with E-state index < -0.39 is 11.9 Å². The number of anilines is 4. The summed E-state index contributed by atoms with van der Waals surface area (Å²) in [7, 11) is 1.48. The van der Waals surface area contributed by atoms with Crippen molar-refractivity contribution < 1.29 is 19.0 Å². The largest absolute Gasteiger partial charge is 0.496 e. The summed E-state index contributed by atoms with van der Waals surface area (Å²) in [5.41, 5.74) is 9.85. The van der Waals surface area contributed by atoms with Crippen molar-refractivity contribution in [2.24, 2.45) is 0 Å². The lowest BCUT2D eigenvalue weighted by Gasteiger charge is -2.33. The molecule has 0 unspecified atom stereocenters. The summed E-state index contributed by atoms with van der Waals surface area (Å²) >= 11 is 0. The highest BCUT2D eigenvalue weighted by Crippen LogP contribution is 2.37. The van der Waals surface area contributed by atoms with Gasteiger partial charge in [-0.15, -0.1) is 0 Å². The monoisotopic (exact) mass is 559 g/mol. The number of aromatic nitrogens is 4. The Hall–Kier alpha value is -4.22. The minimum Gasteiger partial charge on any atom is -0.496 e. The van der Waals surface area contributed by atoms with Gasteiger partial charge in [-0.3, -0.25) is 4.68 Å². The van der Waals surface area contributed by atoms with Gasteiger partial charge in [-0.25, -0.2) is 14.4 Å². The lowest BCUT2D eigenvalue weighted by Crippen LogP contribution is -2.38. The number of pyridine rings is 2. The first-order chi connectivity index (χ1) is 20.0. The molecule has 10 nitrogen and oxygen atoms in total. The Labute approximate surface area is 237 Å². The number of nitrogens with one attached hydrogen (secondary N) is 1. The zero-order chi connectivity index (χ0) is 28.3. The van der Waals surface area contributed by atoms with Crippen LogP contribution in [0.15, 0.2) is 55.0 Å². The second kappa shape index (κ2) is 11.7. The molecule has 0 spiro atoms. The molecule has 0 aliphatic carbocycles. The summed E-state index contributed by atoms with van der Waals surface area (Å²) in [5.74, 6) is 0.882. The number of hydrogen-bond acceptors (Lipinski definition) is 9. The van der Waals surface area contributed by atoms with Crippen molar-refractivity contribution in [2.45, 2.75) is 37.8 Å². The lowest BCUT2D eigenvalue weighted by atomic mass is 10.0. The van der Waals surface area contributed by atoms with E-state index in [9.17, 15) is 9.50 Å². The summed E-state index contributed by atoms with van der Waals surface area (Å²) in [6, 6.07) is 10.3. The van der Waals surface area contributed by atoms with E-state index in [0.717, 1.165) is 62.3 Å². The van der Waals surface area contributed by atoms with Crippen LogP contribution in [-0.2, 0) is 4.74 Å². The van der Waals surface area contributed by atoms with Gasteiger partial charge in [-0.1, -0.05) is 6.07 Å². The van der Waals surface area contributed by atoms with Crippen LogP contribution in [0.25, 0.3) is 22.4 Å². The second-order valence-corrected chi connectivity index (χ2v) is 10.5. The molecule has 41 heavy (non-hydrogen) atoms. The van der Waals surface area contributed by atoms with E-state index in [1.165, 1.54) is 13.2 Å². The van der Waals surface area contributed by atoms with E-state index >= 15 is 0 Å². The topological polar surface area (TPSA) is 124 Å². The number of methoxy groups -OCH3 is 1. The molecule has 1 atom stereocenters. The maximum Gasteiger partial charge on any atom is 0.136 e. The van der Waals surface area contributed by atoms with Crippen molar-refractivity contribution in [3.8, 4) is 28.1 Å². The highest BCUT2D eigenvalue weighted by atomic mass is 19.1. The van der Waals surface area contributed by atoms with Gasteiger partial charge in [0.2, 0.25) is 0 Å². The molecular weight excluding hydrogens is 525 g/mol. The Morgan fingerprint density at radius 2 is 1.98 bits per heavy atom. The Morgan fingerprint density at radius 3 is 2.78 bits per heavy atom. The normalized spacial score (nSPS) is 17.9. The quantitative estimate of drug-likeness (QED) is 0.293. The number of aliphatic hydroxyl groups is 1. The van der Waals surface area contributed by atoms with E-state index in [0.29, 0.717) is 35.7 Å². The van der Waals surface area contributed by atoms with Gasteiger partial charge in [0.1, 0.15) is 28.9 Å². The number of rotatable bonds is 7. The number of nitrogens with zero attached hydrogens (tertiary/aromatic N) is 5. The van der Waals surface area contributed by atoms with Gasteiger partial charge in [-0.2, -0.15) is 5.10 Å². The molecule has 4 N–H and O–H groups in total. The number of ether oxygens (including phenoxy) is 2. The van der Waals surface area contributed by atoms with Crippen molar-refractivity contribution in [1.82, 2.24) is 19.7 Å². The average molecular weight is 560 g/mol. The fourth-order valence-corrected chi connectivity index (χ4v) is 5.57. The van der Waals surface area contributed by atoms with Gasteiger partial charge in [0.15, 0.2) is 0 Å². The Bertz CT molecular complexity index is 1520. The maximum atomic E-state index is 14.8. The highest BCUT2D eigenvalue weighted by molar-refractivity contribution is 5.82. The third kappa shape index (κ3) is 5.68. The van der Waals surface area contributed by atoms with Crippen molar-refractivity contribution in [3.63, 3.8) is 0 Å². The zero-order valence-electron chi connectivity index (χ0n) is 23.0. The molecule has 6 rings (SSSR count). The van der Waals surface area contributed by atoms with E-state index in [-0.39, 0.29) is 11.3 Å². The number of nitrogens with two attached hydrogens (primary N) is 1. The van der Waals surface area contributed by atoms with Crippen LogP contribution < -0.4 is 20.7 Å². The molecule has 0 saturated carbocycles. The van der Waals surface area contributed by atoms with Crippen molar-refractivity contribution in [2.75, 3.05) is 49.4 Å². The van der Waals surface area contributed by atoms with E-state index in [1.54, 1.807) is 24.3 Å². The lowest BCUT2D eigenvalue weighted by molar-refractivity contribution is 0.0662. The summed E-state index contributed by atoms with van der Waals surface area (Å²) in [5, 5.41) is 18.4. The van der Waals surface area contributed by atoms with Crippen LogP contribution in [0, 0.1) is 5.82 Å². The van der Waals surface area contributed by atoms with E-state index in [1.807, 2.05) is 23.1 Å². The summed E-state index contributed by atoms with van der Waals surface area (Å²) in [4.78, 5) is 11.5. The minimum absolute atomic E-state index is 0.198. The summed E-state index contributed by atoms with van der Waals surface area (Å²) in [6.45, 7) is 2.83. The predicted molar refractivity (Wildman–Crippen MR) is 156 cm³/mol. The molecule has 0 amide bonds. The molecule has 5 heterocycles. The molecule has 2 aliphatic heterocycles. The number of hydrogen-bond donors (Lipinski definition) is 3. The third-order valence-corrected chi connectivity index (χ3v) is 7.71. The van der Waals surface area contributed by atoms with Gasteiger partial charge in [-0.05, 0) is 49.9 Å². The standard InChI is InChI=1S/C30H34FN7O3/c1-40-26-6-2-5-23(31)29(26)30-24(32)7-8-27(36-30)35-28-14-25(37-11-3-4-21(39)18-37)22(16-33-28)19-15-34-38(17-19)20-9-12-41-13-10-20/h2,5-8,14-17,20-21,39H,3-4,9-13,18,32H2,1H3,(H,33,35,36)/t21-/m0/s1. The number of β-amino-alcohol motifs (C(OH)–C–C–N with tert-alkyl or cyclic N) is 1. The Morgan fingerprint density at radius 1 is 1.12 bits per heavy atom. The Balaban J connectivity index is 1.34. The predicted octanol–water partition coefficient (Wildman–Crippen LogP) is 4.79. The Kier molecular flexibility index (Phi) is 7.71. The van der Waals surface area contributed by atoms with Crippen LogP contribution in [0.1, 0.15) is 31.7 Å². The van der Waals surface area contributed by atoms with Gasteiger partial charge >= 0.3 is 0 Å². The number of piperidine rings is 1. The SMILES string of the molecule is COc1cccc(F)c1-c1nc(Nc2cc(N3CCC[C@H](O)C3)c(-c3cnn(C4CCOCC4)c3)cn2)ccc1N. The maximum absolute atomic E-state index is 14.8. The van der Waals surface area contributed by atoms with Crippen LogP contribution in [0.5, 0.6) is 5.75 Å². The molecule has 2 fully saturated rings. The van der Waals surface area contributed by atoms with Crippen molar-refractivity contribution in [1.29, 1.82) is 0 Å². The number of nitrogen functional groups attached to an aromatic ring is 1. The molecule has 11 heteroatoms. The highest BCUT2D eigenvalue weighted by Gasteiger charge is 2.24. The third-order valence-electron chi connectivity index (χ3n) is 7.71. The summed E-state index contributed by atoms with van der Waals surface area (Å²) in [6.07, 6.45) is 8.90. The first kappa shape index (κ1) is 27.0. The van der Waals surface area contributed by atoms with E-state index in [2.05, 4.69) is 26.5 Å². The molecule has 0 bridgehead atoms. The van der Waals surface area contributed by atoms with Crippen LogP contribution in [0.4, 0.5) is 27.4 Å². The molecule has 4 aromatic rings. The second-order valence-electron chi connectivity index (χ2n) is 10.5. The number of aliphatic hydroxyl groups excluding tert-OH is 1. The van der Waals surface area contributed by atoms with Crippen LogP contribution >= 0.6 is 0 Å². The molecule has 3 aromatic heterocycles. The van der Waals surface area contributed by atoms with Gasteiger partial charge in [0, 0.05) is 55.9 Å². The zero-order valence-corrected chi connectivity index (χ0v) is 23.0.